The molecule has 1 N–H and O–H groups in total. The number of aromatic amines is 1. The Bertz CT molecular complexity index is 296. The summed E-state index contributed by atoms with van der Waals surface area (Å²) in [6.07, 6.45) is 1.07. The van der Waals surface area contributed by atoms with Crippen LogP contribution < -0.4 is 11.2 Å². The first-order valence-corrected chi connectivity index (χ1v) is 2.90. The lowest BCUT2D eigenvalue weighted by molar-refractivity contribution is 0.645. The van der Waals surface area contributed by atoms with E-state index in [1.807, 2.05) is 0 Å². The molecule has 1 aromatic heterocycles. The van der Waals surface area contributed by atoms with Crippen molar-refractivity contribution in [1.82, 2.24) is 14.8 Å². The van der Waals surface area contributed by atoms with Crippen LogP contribution in [0.15, 0.2) is 15.8 Å². The Labute approximate surface area is 56.3 Å². The van der Waals surface area contributed by atoms with E-state index >= 15 is 0 Å². The minimum atomic E-state index is -0.463. The number of nitrogens with zero attached hydrogens (tertiary/aromatic N) is 2. The number of hydrogen-bond acceptors (Lipinski definition) is 3. The van der Waals surface area contributed by atoms with Gasteiger partial charge in [-0.3, -0.25) is 9.36 Å². The van der Waals surface area contributed by atoms with Crippen molar-refractivity contribution in [3.05, 3.63) is 27.0 Å². The molecular formula is C5H7N3O2. The van der Waals surface area contributed by atoms with Crippen LogP contribution in [-0.2, 0) is 6.54 Å². The maximum Gasteiger partial charge on any atom is 0.344 e. The second kappa shape index (κ2) is 2.47. The van der Waals surface area contributed by atoms with Crippen molar-refractivity contribution >= 4 is 0 Å². The lowest BCUT2D eigenvalue weighted by Gasteiger charge is -1.94. The first-order chi connectivity index (χ1) is 4.75. The third-order valence-electron chi connectivity index (χ3n) is 1.16. The molecule has 54 valence electrons. The number of H-pyrrole nitrogens is 1. The summed E-state index contributed by atoms with van der Waals surface area (Å²) in [5.74, 6) is 0. The van der Waals surface area contributed by atoms with Crippen LogP contribution in [0.25, 0.3) is 0 Å². The SMILES string of the molecule is CCn1c(=O)cn[nH]c1=O. The van der Waals surface area contributed by atoms with E-state index in [9.17, 15) is 9.59 Å². The van der Waals surface area contributed by atoms with E-state index < -0.39 is 5.69 Å². The van der Waals surface area contributed by atoms with Crippen molar-refractivity contribution in [2.24, 2.45) is 0 Å². The Morgan fingerprint density at radius 3 is 2.80 bits per heavy atom. The zero-order valence-electron chi connectivity index (χ0n) is 5.50. The third kappa shape index (κ3) is 0.975. The van der Waals surface area contributed by atoms with Gasteiger partial charge in [-0.25, -0.2) is 9.89 Å². The molecule has 0 aromatic carbocycles. The van der Waals surface area contributed by atoms with Gasteiger partial charge in [-0.1, -0.05) is 0 Å². The highest BCUT2D eigenvalue weighted by Gasteiger charge is 1.94. The summed E-state index contributed by atoms with van der Waals surface area (Å²) >= 11 is 0. The second-order valence-corrected chi connectivity index (χ2v) is 1.76. The fraction of sp³-hybridized carbons (Fsp3) is 0.400. The standard InChI is InChI=1S/C5H7N3O2/c1-2-8-4(9)3-6-7-5(8)10/h3H,2H2,1H3,(H,7,10). The predicted molar refractivity (Wildman–Crippen MR) is 34.8 cm³/mol. The zero-order chi connectivity index (χ0) is 7.56. The van der Waals surface area contributed by atoms with Crippen molar-refractivity contribution in [3.8, 4) is 0 Å². The molecule has 0 radical (unpaired) electrons. The van der Waals surface area contributed by atoms with E-state index in [2.05, 4.69) is 10.2 Å². The van der Waals surface area contributed by atoms with Gasteiger partial charge in [0.1, 0.15) is 6.20 Å². The molecule has 0 saturated carbocycles. The molecule has 0 bridgehead atoms. The van der Waals surface area contributed by atoms with Gasteiger partial charge in [-0.15, -0.1) is 0 Å². The monoisotopic (exact) mass is 141 g/mol. The fourth-order valence-corrected chi connectivity index (χ4v) is 0.672. The van der Waals surface area contributed by atoms with Crippen LogP contribution in [0.1, 0.15) is 6.92 Å². The van der Waals surface area contributed by atoms with Gasteiger partial charge in [-0.2, -0.15) is 5.10 Å². The molecule has 0 unspecified atom stereocenters. The lowest BCUT2D eigenvalue weighted by Crippen LogP contribution is -2.34. The summed E-state index contributed by atoms with van der Waals surface area (Å²) in [5.41, 5.74) is -0.832. The Morgan fingerprint density at radius 2 is 2.40 bits per heavy atom. The average Bonchev–Trinajstić information content (AvgIpc) is 1.88. The first-order valence-electron chi connectivity index (χ1n) is 2.90. The maximum absolute atomic E-state index is 10.8. The molecule has 1 rings (SSSR count). The van der Waals surface area contributed by atoms with Crippen LogP contribution in [-0.4, -0.2) is 14.8 Å². The van der Waals surface area contributed by atoms with Gasteiger partial charge in [0.15, 0.2) is 0 Å². The van der Waals surface area contributed by atoms with Crippen LogP contribution >= 0.6 is 0 Å². The van der Waals surface area contributed by atoms with Crippen LogP contribution in [0.3, 0.4) is 0 Å². The molecule has 5 nitrogen and oxygen atoms in total. The highest BCUT2D eigenvalue weighted by atomic mass is 16.2. The van der Waals surface area contributed by atoms with Crippen LogP contribution in [0, 0.1) is 0 Å². The minimum absolute atomic E-state index is 0.369. The molecule has 5 heteroatoms. The van der Waals surface area contributed by atoms with Crippen LogP contribution in [0.4, 0.5) is 0 Å². The molecule has 0 aliphatic heterocycles. The molecule has 0 amide bonds. The van der Waals surface area contributed by atoms with Gasteiger partial charge in [0.05, 0.1) is 0 Å². The van der Waals surface area contributed by atoms with Crippen LogP contribution in [0.2, 0.25) is 0 Å². The molecule has 10 heavy (non-hydrogen) atoms. The highest BCUT2D eigenvalue weighted by Crippen LogP contribution is 1.63. The number of rotatable bonds is 1. The largest absolute Gasteiger partial charge is 0.344 e. The van der Waals surface area contributed by atoms with E-state index in [1.54, 1.807) is 6.92 Å². The summed E-state index contributed by atoms with van der Waals surface area (Å²) in [6.45, 7) is 2.09. The number of nitrogens with one attached hydrogen (secondary N) is 1. The summed E-state index contributed by atoms with van der Waals surface area (Å²) in [5, 5.41) is 5.47. The number of hydrogen-bond donors (Lipinski definition) is 1. The average molecular weight is 141 g/mol. The smallest absolute Gasteiger partial charge is 0.267 e. The Balaban J connectivity index is 3.46. The quantitative estimate of drug-likeness (QED) is 0.542. The number of aromatic nitrogens is 3. The van der Waals surface area contributed by atoms with Crippen molar-refractivity contribution in [2.75, 3.05) is 0 Å². The molecule has 0 atom stereocenters. The van der Waals surface area contributed by atoms with Crippen molar-refractivity contribution in [1.29, 1.82) is 0 Å². The van der Waals surface area contributed by atoms with Gasteiger partial charge in [0, 0.05) is 6.54 Å². The Kier molecular flexibility index (Phi) is 1.66. The van der Waals surface area contributed by atoms with Gasteiger partial charge < -0.3 is 0 Å². The molecule has 0 spiro atoms. The van der Waals surface area contributed by atoms with Crippen molar-refractivity contribution in [3.63, 3.8) is 0 Å². The molecular weight excluding hydrogens is 134 g/mol. The van der Waals surface area contributed by atoms with Crippen molar-refractivity contribution < 1.29 is 0 Å². The molecule has 1 heterocycles. The van der Waals surface area contributed by atoms with E-state index in [4.69, 9.17) is 0 Å². The Morgan fingerprint density at radius 1 is 1.70 bits per heavy atom. The maximum atomic E-state index is 10.8. The molecule has 0 saturated heterocycles. The summed E-state index contributed by atoms with van der Waals surface area (Å²) in [6, 6.07) is 0. The predicted octanol–water partition coefficient (Wildman–Crippen LogP) is -1.05. The summed E-state index contributed by atoms with van der Waals surface area (Å²) in [4.78, 5) is 21.5. The topological polar surface area (TPSA) is 67.8 Å². The lowest BCUT2D eigenvalue weighted by atomic mass is 10.7. The zero-order valence-corrected chi connectivity index (χ0v) is 5.50. The second-order valence-electron chi connectivity index (χ2n) is 1.76. The van der Waals surface area contributed by atoms with Gasteiger partial charge in [0.25, 0.3) is 5.56 Å². The molecule has 0 aliphatic carbocycles. The van der Waals surface area contributed by atoms with E-state index in [0.717, 1.165) is 10.8 Å². The van der Waals surface area contributed by atoms with E-state index in [0.29, 0.717) is 6.54 Å². The van der Waals surface area contributed by atoms with Gasteiger partial charge in [-0.05, 0) is 6.92 Å². The molecule has 1 aromatic rings. The fourth-order valence-electron chi connectivity index (χ4n) is 0.672. The highest BCUT2D eigenvalue weighted by molar-refractivity contribution is 4.71. The van der Waals surface area contributed by atoms with Crippen LogP contribution in [0.5, 0.6) is 0 Å². The first kappa shape index (κ1) is 6.73. The normalized spacial score (nSPS) is 9.70. The molecule has 0 fully saturated rings. The minimum Gasteiger partial charge on any atom is -0.267 e. The Hall–Kier alpha value is -1.39. The molecule has 0 aliphatic rings. The van der Waals surface area contributed by atoms with Gasteiger partial charge in [0.2, 0.25) is 0 Å². The summed E-state index contributed by atoms with van der Waals surface area (Å²) in [7, 11) is 0. The van der Waals surface area contributed by atoms with Crippen molar-refractivity contribution in [2.45, 2.75) is 13.5 Å². The van der Waals surface area contributed by atoms with E-state index in [-0.39, 0.29) is 5.56 Å². The summed E-state index contributed by atoms with van der Waals surface area (Å²) < 4.78 is 1.06. The van der Waals surface area contributed by atoms with E-state index in [1.165, 1.54) is 0 Å². The third-order valence-corrected chi connectivity index (χ3v) is 1.16. The van der Waals surface area contributed by atoms with Gasteiger partial charge >= 0.3 is 5.69 Å².